The Morgan fingerprint density at radius 2 is 1.88 bits per heavy atom. The van der Waals surface area contributed by atoms with E-state index in [2.05, 4.69) is 4.98 Å². The largest absolute Gasteiger partial charge is 0.497 e. The number of carbonyl (C=O) groups is 1. The molecule has 5 rings (SSSR count). The number of rotatable bonds is 4. The van der Waals surface area contributed by atoms with Gasteiger partial charge in [-0.25, -0.2) is 0 Å². The summed E-state index contributed by atoms with van der Waals surface area (Å²) in [6.07, 6.45) is 1.10. The topological polar surface area (TPSA) is 71.3 Å². The lowest BCUT2D eigenvalue weighted by atomic mass is 9.91. The van der Waals surface area contributed by atoms with Gasteiger partial charge in [0.1, 0.15) is 5.75 Å². The van der Waals surface area contributed by atoms with Crippen LogP contribution in [-0.4, -0.2) is 29.4 Å². The van der Waals surface area contributed by atoms with E-state index in [0.717, 1.165) is 45.6 Å². The molecule has 5 nitrogen and oxygen atoms in total. The fourth-order valence-electron chi connectivity index (χ4n) is 4.59. The second kappa shape index (κ2) is 8.24. The second-order valence-electron chi connectivity index (χ2n) is 8.14. The van der Waals surface area contributed by atoms with Gasteiger partial charge in [0, 0.05) is 33.9 Å². The highest BCUT2D eigenvalue weighted by Gasteiger charge is 2.34. The van der Waals surface area contributed by atoms with Crippen LogP contribution in [0.5, 0.6) is 5.75 Å². The molecule has 1 aliphatic heterocycles. The molecule has 3 aromatic carbocycles. The van der Waals surface area contributed by atoms with Crippen molar-refractivity contribution in [1.29, 1.82) is 0 Å². The number of hydrogen-bond acceptors (Lipinski definition) is 3. The number of aromatic nitrogens is 1. The predicted molar refractivity (Wildman–Crippen MR) is 128 cm³/mol. The Kier molecular flexibility index (Phi) is 5.27. The third-order valence-electron chi connectivity index (χ3n) is 6.17. The maximum Gasteiger partial charge on any atom is 0.227 e. The van der Waals surface area contributed by atoms with Crippen molar-refractivity contribution in [2.75, 3.05) is 19.4 Å². The van der Waals surface area contributed by atoms with Crippen molar-refractivity contribution in [1.82, 2.24) is 9.88 Å². The van der Waals surface area contributed by atoms with Gasteiger partial charge in [0.25, 0.3) is 0 Å². The van der Waals surface area contributed by atoms with Crippen LogP contribution in [0.4, 0.5) is 5.69 Å². The van der Waals surface area contributed by atoms with Crippen molar-refractivity contribution >= 4 is 34.1 Å². The van der Waals surface area contributed by atoms with Crippen LogP contribution in [0, 0.1) is 0 Å². The summed E-state index contributed by atoms with van der Waals surface area (Å²) in [4.78, 5) is 19.0. The van der Waals surface area contributed by atoms with Gasteiger partial charge in [-0.15, -0.1) is 0 Å². The van der Waals surface area contributed by atoms with Gasteiger partial charge in [0.15, 0.2) is 0 Å². The van der Waals surface area contributed by atoms with E-state index in [9.17, 15) is 4.79 Å². The van der Waals surface area contributed by atoms with E-state index in [0.29, 0.717) is 18.0 Å². The first-order valence-corrected chi connectivity index (χ1v) is 11.0. The molecule has 0 saturated heterocycles. The SMILES string of the molecule is COc1ccc(C2c3[nH]c4ccc(N)cc4c3CCN2C(=O)Cc2ccc(Cl)cc2)cc1. The number of hydrogen-bond donors (Lipinski definition) is 2. The van der Waals surface area contributed by atoms with Crippen molar-refractivity contribution in [2.24, 2.45) is 0 Å². The quantitative estimate of drug-likeness (QED) is 0.428. The van der Waals surface area contributed by atoms with Gasteiger partial charge in [-0.05, 0) is 65.6 Å². The normalized spacial score (nSPS) is 15.6. The number of ether oxygens (including phenoxy) is 1. The molecule has 3 N–H and O–H groups in total. The first kappa shape index (κ1) is 20.5. The smallest absolute Gasteiger partial charge is 0.227 e. The van der Waals surface area contributed by atoms with E-state index < -0.39 is 0 Å². The summed E-state index contributed by atoms with van der Waals surface area (Å²) in [6.45, 7) is 0.637. The molecule has 162 valence electrons. The Bertz CT molecular complexity index is 1280. The van der Waals surface area contributed by atoms with Gasteiger partial charge in [0.05, 0.1) is 19.6 Å². The van der Waals surface area contributed by atoms with Crippen LogP contribution in [0.1, 0.15) is 28.4 Å². The van der Waals surface area contributed by atoms with Crippen LogP contribution in [0.2, 0.25) is 5.02 Å². The fourth-order valence-corrected chi connectivity index (χ4v) is 4.71. The number of fused-ring (bicyclic) bond motifs is 3. The van der Waals surface area contributed by atoms with E-state index in [1.165, 1.54) is 5.56 Å². The highest BCUT2D eigenvalue weighted by atomic mass is 35.5. The molecule has 0 saturated carbocycles. The molecule has 32 heavy (non-hydrogen) atoms. The number of nitrogens with zero attached hydrogens (tertiary/aromatic N) is 1. The van der Waals surface area contributed by atoms with Crippen LogP contribution in [-0.2, 0) is 17.6 Å². The van der Waals surface area contributed by atoms with Gasteiger partial charge in [-0.1, -0.05) is 35.9 Å². The van der Waals surface area contributed by atoms with E-state index >= 15 is 0 Å². The molecule has 1 aliphatic rings. The number of amides is 1. The Balaban J connectivity index is 1.57. The van der Waals surface area contributed by atoms with Gasteiger partial charge in [0.2, 0.25) is 5.91 Å². The van der Waals surface area contributed by atoms with E-state index in [-0.39, 0.29) is 11.9 Å². The van der Waals surface area contributed by atoms with Crippen LogP contribution in [0.25, 0.3) is 10.9 Å². The molecule has 0 spiro atoms. The zero-order chi connectivity index (χ0) is 22.2. The van der Waals surface area contributed by atoms with Gasteiger partial charge < -0.3 is 20.4 Å². The van der Waals surface area contributed by atoms with E-state index in [1.54, 1.807) is 7.11 Å². The average Bonchev–Trinajstić information content (AvgIpc) is 3.18. The molecular weight excluding hydrogens is 422 g/mol. The summed E-state index contributed by atoms with van der Waals surface area (Å²) in [6, 6.07) is 21.1. The Morgan fingerprint density at radius 1 is 1.12 bits per heavy atom. The summed E-state index contributed by atoms with van der Waals surface area (Å²) in [5.74, 6) is 0.866. The standard InChI is InChI=1S/C26H24ClN3O2/c1-32-20-9-4-17(5-10-20)26-25-21(22-15-19(28)8-11-23(22)29-25)12-13-30(26)24(31)14-16-2-6-18(27)7-3-16/h2-11,15,26,29H,12-14,28H2,1H3. The van der Waals surface area contributed by atoms with Crippen molar-refractivity contribution in [2.45, 2.75) is 18.9 Å². The highest BCUT2D eigenvalue weighted by molar-refractivity contribution is 6.30. The number of aromatic amines is 1. The second-order valence-corrected chi connectivity index (χ2v) is 8.57. The molecular formula is C26H24ClN3O2. The minimum absolute atomic E-state index is 0.0805. The molecule has 1 atom stereocenters. The Morgan fingerprint density at radius 3 is 2.59 bits per heavy atom. The molecule has 4 aromatic rings. The highest BCUT2D eigenvalue weighted by Crippen LogP contribution is 2.39. The summed E-state index contributed by atoms with van der Waals surface area (Å²) in [7, 11) is 1.65. The van der Waals surface area contributed by atoms with Crippen LogP contribution in [0.15, 0.2) is 66.7 Å². The number of H-pyrrole nitrogens is 1. The van der Waals surface area contributed by atoms with Crippen LogP contribution in [0.3, 0.4) is 0 Å². The molecule has 0 bridgehead atoms. The van der Waals surface area contributed by atoms with Gasteiger partial charge >= 0.3 is 0 Å². The van der Waals surface area contributed by atoms with Crippen molar-refractivity contribution in [3.8, 4) is 5.75 Å². The van der Waals surface area contributed by atoms with Gasteiger partial charge in [-0.3, -0.25) is 4.79 Å². The number of anilines is 1. The van der Waals surface area contributed by atoms with Gasteiger partial charge in [-0.2, -0.15) is 0 Å². The maximum atomic E-state index is 13.5. The summed E-state index contributed by atoms with van der Waals surface area (Å²) >= 11 is 6.01. The van der Waals surface area contributed by atoms with Crippen molar-refractivity contribution < 1.29 is 9.53 Å². The lowest BCUT2D eigenvalue weighted by Crippen LogP contribution is -2.41. The summed E-state index contributed by atoms with van der Waals surface area (Å²) < 4.78 is 5.34. The Hall–Kier alpha value is -3.44. The molecule has 0 fully saturated rings. The lowest BCUT2D eigenvalue weighted by molar-refractivity contribution is -0.132. The molecule has 2 heterocycles. The minimum Gasteiger partial charge on any atom is -0.497 e. The minimum atomic E-state index is -0.210. The summed E-state index contributed by atoms with van der Waals surface area (Å²) in [5.41, 5.74) is 12.1. The van der Waals surface area contributed by atoms with Crippen LogP contribution >= 0.6 is 11.6 Å². The first-order valence-electron chi connectivity index (χ1n) is 10.6. The number of halogens is 1. The molecule has 1 aromatic heterocycles. The third-order valence-corrected chi connectivity index (χ3v) is 6.42. The number of carbonyl (C=O) groups excluding carboxylic acids is 1. The maximum absolute atomic E-state index is 13.5. The number of methoxy groups -OCH3 is 1. The average molecular weight is 446 g/mol. The molecule has 0 aliphatic carbocycles. The number of benzene rings is 3. The van der Waals surface area contributed by atoms with Crippen molar-refractivity contribution in [3.05, 3.63) is 94.1 Å². The summed E-state index contributed by atoms with van der Waals surface area (Å²) in [5, 5.41) is 1.79. The first-order chi connectivity index (χ1) is 15.5. The molecule has 6 heteroatoms. The van der Waals surface area contributed by atoms with Crippen molar-refractivity contribution in [3.63, 3.8) is 0 Å². The monoisotopic (exact) mass is 445 g/mol. The molecule has 0 radical (unpaired) electrons. The third kappa shape index (κ3) is 3.69. The predicted octanol–water partition coefficient (Wildman–Crippen LogP) is 5.13. The molecule has 1 unspecified atom stereocenters. The van der Waals surface area contributed by atoms with E-state index in [4.69, 9.17) is 22.1 Å². The zero-order valence-corrected chi connectivity index (χ0v) is 18.5. The van der Waals surface area contributed by atoms with Crippen LogP contribution < -0.4 is 10.5 Å². The number of nitrogen functional groups attached to an aromatic ring is 1. The number of nitrogens with two attached hydrogens (primary N) is 1. The van der Waals surface area contributed by atoms with E-state index in [1.807, 2.05) is 71.6 Å². The fraction of sp³-hybridized carbons (Fsp3) is 0.192. The molecule has 1 amide bonds. The lowest BCUT2D eigenvalue weighted by Gasteiger charge is -2.36. The Labute approximate surface area is 191 Å². The number of nitrogens with one attached hydrogen (secondary N) is 1. The zero-order valence-electron chi connectivity index (χ0n) is 17.8.